The lowest BCUT2D eigenvalue weighted by Gasteiger charge is -2.29. The minimum absolute atomic E-state index is 0.281. The summed E-state index contributed by atoms with van der Waals surface area (Å²) in [6.45, 7) is 4.73. The van der Waals surface area contributed by atoms with Gasteiger partial charge >= 0.3 is 5.97 Å². The molecule has 5 rings (SSSR count). The predicted molar refractivity (Wildman–Crippen MR) is 154 cm³/mol. The van der Waals surface area contributed by atoms with Crippen LogP contribution >= 0.6 is 0 Å². The van der Waals surface area contributed by atoms with Crippen molar-refractivity contribution >= 4 is 16.9 Å². The van der Waals surface area contributed by atoms with Crippen molar-refractivity contribution in [2.24, 2.45) is 5.92 Å². The van der Waals surface area contributed by atoms with Crippen molar-refractivity contribution in [3.8, 4) is 17.0 Å². The maximum atomic E-state index is 12.5. The lowest BCUT2D eigenvalue weighted by Crippen LogP contribution is -2.29. The average Bonchev–Trinajstić information content (AvgIpc) is 3.26. The molecule has 1 saturated carbocycles. The number of hydrogen-bond donors (Lipinski definition) is 1. The molecule has 0 bridgehead atoms. The molecule has 0 unspecified atom stereocenters. The van der Waals surface area contributed by atoms with E-state index in [1.165, 1.54) is 61.4 Å². The molecule has 2 aliphatic rings. The molecule has 38 heavy (non-hydrogen) atoms. The second-order valence-corrected chi connectivity index (χ2v) is 11.2. The van der Waals surface area contributed by atoms with E-state index in [9.17, 15) is 4.79 Å². The zero-order chi connectivity index (χ0) is 26.5. The summed E-state index contributed by atoms with van der Waals surface area (Å²) >= 11 is 0. The Hall–Kier alpha value is -2.83. The maximum Gasteiger partial charge on any atom is 0.337 e. The molecule has 0 saturated heterocycles. The average molecular weight is 518 g/mol. The highest BCUT2D eigenvalue weighted by molar-refractivity contribution is 5.99. The van der Waals surface area contributed by atoms with Gasteiger partial charge in [0.05, 0.1) is 25.0 Å². The van der Waals surface area contributed by atoms with Crippen molar-refractivity contribution in [3.63, 3.8) is 0 Å². The monoisotopic (exact) mass is 517 g/mol. The van der Waals surface area contributed by atoms with Gasteiger partial charge in [-0.3, -0.25) is 0 Å². The van der Waals surface area contributed by atoms with E-state index in [1.807, 2.05) is 13.1 Å². The van der Waals surface area contributed by atoms with Crippen molar-refractivity contribution in [3.05, 3.63) is 53.6 Å². The molecule has 1 fully saturated rings. The number of rotatable bonds is 9. The van der Waals surface area contributed by atoms with Crippen molar-refractivity contribution in [2.45, 2.75) is 57.4 Å². The van der Waals surface area contributed by atoms with Crippen LogP contribution < -0.4 is 10.1 Å². The summed E-state index contributed by atoms with van der Waals surface area (Å²) in [6, 6.07) is 14.7. The molecule has 0 amide bonds. The molecule has 204 valence electrons. The Balaban J connectivity index is 1.59. The Kier molecular flexibility index (Phi) is 8.70. The first-order valence-electron chi connectivity index (χ1n) is 14.4. The van der Waals surface area contributed by atoms with E-state index in [0.29, 0.717) is 24.0 Å². The Morgan fingerprint density at radius 3 is 2.74 bits per heavy atom. The van der Waals surface area contributed by atoms with E-state index in [2.05, 4.69) is 58.2 Å². The van der Waals surface area contributed by atoms with Gasteiger partial charge in [-0.05, 0) is 95.2 Å². The minimum Gasteiger partial charge on any atom is -0.493 e. The largest absolute Gasteiger partial charge is 0.493 e. The summed E-state index contributed by atoms with van der Waals surface area (Å²) < 4.78 is 14.1. The van der Waals surface area contributed by atoms with E-state index < -0.39 is 0 Å². The van der Waals surface area contributed by atoms with E-state index in [0.717, 1.165) is 50.3 Å². The smallest absolute Gasteiger partial charge is 0.337 e. The molecule has 1 N–H and O–H groups in total. The molecule has 0 spiro atoms. The predicted octanol–water partition coefficient (Wildman–Crippen LogP) is 6.08. The number of methoxy groups -OCH3 is 1. The molecule has 1 atom stereocenters. The molecule has 1 aliphatic carbocycles. The Bertz CT molecular complexity index is 1240. The number of aromatic nitrogens is 1. The third kappa shape index (κ3) is 5.62. The second kappa shape index (κ2) is 12.4. The number of benzene rings is 2. The number of carbonyl (C=O) groups is 1. The molecule has 1 aliphatic heterocycles. The van der Waals surface area contributed by atoms with Crippen LogP contribution in [0.5, 0.6) is 5.75 Å². The van der Waals surface area contributed by atoms with Crippen molar-refractivity contribution in [2.75, 3.05) is 47.4 Å². The van der Waals surface area contributed by atoms with Crippen molar-refractivity contribution < 1.29 is 14.3 Å². The quantitative estimate of drug-likeness (QED) is 0.275. The Labute approximate surface area is 227 Å². The minimum atomic E-state index is -0.281. The van der Waals surface area contributed by atoms with Crippen LogP contribution in [0.25, 0.3) is 22.2 Å². The zero-order valence-electron chi connectivity index (χ0n) is 23.3. The fraction of sp³-hybridized carbons (Fsp3) is 0.531. The normalized spacial score (nSPS) is 17.9. The number of nitrogens with one attached hydrogen (secondary N) is 1. The number of para-hydroxylation sites is 1. The van der Waals surface area contributed by atoms with Crippen LogP contribution in [0.3, 0.4) is 0 Å². The van der Waals surface area contributed by atoms with Gasteiger partial charge in [0.25, 0.3) is 0 Å². The first-order chi connectivity index (χ1) is 18.6. The highest BCUT2D eigenvalue weighted by atomic mass is 16.5. The molecule has 0 radical (unpaired) electrons. The number of esters is 1. The molecule has 6 heteroatoms. The van der Waals surface area contributed by atoms with Crippen molar-refractivity contribution in [1.29, 1.82) is 0 Å². The van der Waals surface area contributed by atoms with Gasteiger partial charge in [0.2, 0.25) is 0 Å². The third-order valence-electron chi connectivity index (χ3n) is 8.48. The summed E-state index contributed by atoms with van der Waals surface area (Å²) in [5.74, 6) is 1.58. The van der Waals surface area contributed by atoms with Gasteiger partial charge in [-0.15, -0.1) is 0 Å². The first-order valence-corrected chi connectivity index (χ1v) is 14.4. The summed E-state index contributed by atoms with van der Waals surface area (Å²) in [5.41, 5.74) is 5.66. The number of ether oxygens (including phenoxy) is 2. The van der Waals surface area contributed by atoms with Crippen LogP contribution in [0.2, 0.25) is 0 Å². The number of carbonyl (C=O) groups excluding carboxylic acids is 1. The van der Waals surface area contributed by atoms with E-state index in [1.54, 1.807) is 0 Å². The van der Waals surface area contributed by atoms with Crippen LogP contribution in [-0.4, -0.2) is 62.9 Å². The van der Waals surface area contributed by atoms with Crippen LogP contribution in [0.1, 0.15) is 66.8 Å². The molecule has 6 nitrogen and oxygen atoms in total. The second-order valence-electron chi connectivity index (χ2n) is 11.2. The lowest BCUT2D eigenvalue weighted by atomic mass is 9.81. The third-order valence-corrected chi connectivity index (χ3v) is 8.48. The molecular formula is C32H43N3O3. The first kappa shape index (κ1) is 26.8. The fourth-order valence-electron chi connectivity index (χ4n) is 6.43. The van der Waals surface area contributed by atoms with Crippen LogP contribution in [0.15, 0.2) is 42.5 Å². The number of hydrogen-bond acceptors (Lipinski definition) is 5. The molecule has 2 heterocycles. The summed E-state index contributed by atoms with van der Waals surface area (Å²) in [5, 5.41) is 4.52. The SMILES string of the molecule is CNCCCN(C)CC[C@H]1COc2ccccc2-c2c(C3CCCCC3)c3ccc(C(=O)OC)cc3n2C1. The number of fused-ring (bicyclic) bond motifs is 5. The van der Waals surface area contributed by atoms with Gasteiger partial charge in [-0.25, -0.2) is 4.79 Å². The molecule has 1 aromatic heterocycles. The molecular weight excluding hydrogens is 474 g/mol. The van der Waals surface area contributed by atoms with Gasteiger partial charge in [-0.2, -0.15) is 0 Å². The van der Waals surface area contributed by atoms with Gasteiger partial charge < -0.3 is 24.3 Å². The molecule has 2 aromatic carbocycles. The van der Waals surface area contributed by atoms with Gasteiger partial charge in [0, 0.05) is 28.9 Å². The standard InChI is InChI=1S/C32H43N3O3/c1-33-17-9-18-34(2)19-16-23-21-35-28-20-25(32(36)37-3)14-15-26(28)30(24-10-5-4-6-11-24)31(35)27-12-7-8-13-29(27)38-22-23/h7-8,12-15,20,23-24,33H,4-6,9-11,16-19,21-22H2,1-3H3/t23-/m1/s1. The van der Waals surface area contributed by atoms with Gasteiger partial charge in [0.1, 0.15) is 5.75 Å². The van der Waals surface area contributed by atoms with E-state index in [-0.39, 0.29) is 5.97 Å². The summed E-state index contributed by atoms with van der Waals surface area (Å²) in [6.07, 6.45) is 8.52. The van der Waals surface area contributed by atoms with E-state index in [4.69, 9.17) is 9.47 Å². The fourth-order valence-corrected chi connectivity index (χ4v) is 6.43. The lowest BCUT2D eigenvalue weighted by molar-refractivity contribution is 0.0601. The van der Waals surface area contributed by atoms with Crippen molar-refractivity contribution in [1.82, 2.24) is 14.8 Å². The summed E-state index contributed by atoms with van der Waals surface area (Å²) in [7, 11) is 5.68. The van der Waals surface area contributed by atoms with Crippen LogP contribution in [-0.2, 0) is 11.3 Å². The topological polar surface area (TPSA) is 55.7 Å². The van der Waals surface area contributed by atoms with Gasteiger partial charge in [-0.1, -0.05) is 37.5 Å². The highest BCUT2D eigenvalue weighted by Crippen LogP contribution is 2.47. The number of nitrogens with zero attached hydrogens (tertiary/aromatic N) is 2. The zero-order valence-corrected chi connectivity index (χ0v) is 23.3. The van der Waals surface area contributed by atoms with Gasteiger partial charge in [0.15, 0.2) is 0 Å². The Morgan fingerprint density at radius 2 is 1.95 bits per heavy atom. The van der Waals surface area contributed by atoms with E-state index >= 15 is 0 Å². The highest BCUT2D eigenvalue weighted by Gasteiger charge is 2.30. The maximum absolute atomic E-state index is 12.5. The summed E-state index contributed by atoms with van der Waals surface area (Å²) in [4.78, 5) is 15.0. The van der Waals surface area contributed by atoms with Crippen LogP contribution in [0.4, 0.5) is 0 Å². The Morgan fingerprint density at radius 1 is 1.13 bits per heavy atom. The van der Waals surface area contributed by atoms with Crippen LogP contribution in [0, 0.1) is 5.92 Å². The molecule has 3 aromatic rings.